The van der Waals surface area contributed by atoms with Crippen molar-refractivity contribution in [2.45, 2.75) is 108 Å². The molecule has 0 spiro atoms. The number of hydrogen-bond acceptors (Lipinski definition) is 6. The summed E-state index contributed by atoms with van der Waals surface area (Å²) in [6.45, 7) is 2.16. The summed E-state index contributed by atoms with van der Waals surface area (Å²) in [5.74, 6) is -4.19. The first-order chi connectivity index (χ1) is 13.0. The van der Waals surface area contributed by atoms with Gasteiger partial charge in [0.15, 0.2) is 6.10 Å². The maximum Gasteiger partial charge on any atom is 0.328 e. The van der Waals surface area contributed by atoms with Gasteiger partial charge in [-0.2, -0.15) is 0 Å². The van der Waals surface area contributed by atoms with E-state index < -0.39 is 44.0 Å². The fourth-order valence-corrected chi connectivity index (χ4v) is 4.70. The molecule has 1 unspecified atom stereocenters. The number of unbranched alkanes of at least 4 members (excludes halogenated alkanes) is 9. The second-order valence-corrected chi connectivity index (χ2v) is 9.59. The molecule has 0 aromatic heterocycles. The zero-order valence-electron chi connectivity index (χ0n) is 16.4. The third-order valence-electron chi connectivity index (χ3n) is 5.18. The first kappa shape index (κ1) is 25.9. The lowest BCUT2D eigenvalue weighted by molar-refractivity contribution is -0.280. The zero-order valence-corrected chi connectivity index (χ0v) is 17.3. The lowest BCUT2D eigenvalue weighted by Gasteiger charge is -2.43. The quantitative estimate of drug-likeness (QED) is 0.224. The van der Waals surface area contributed by atoms with Crippen molar-refractivity contribution in [1.82, 2.24) is 0 Å². The van der Waals surface area contributed by atoms with Crippen LogP contribution in [0.5, 0.6) is 0 Å². The number of aliphatic hydroxyl groups excluding tert-OH is 4. The lowest BCUT2D eigenvalue weighted by atomic mass is 9.84. The summed E-state index contributed by atoms with van der Waals surface area (Å²) < 4.78 is 44.8. The van der Waals surface area contributed by atoms with Crippen molar-refractivity contribution < 1.29 is 43.2 Å². The van der Waals surface area contributed by atoms with Gasteiger partial charge in [0.25, 0.3) is 0 Å². The molecule has 1 aliphatic carbocycles. The van der Waals surface area contributed by atoms with Gasteiger partial charge in [0.05, 0.1) is 6.16 Å². The van der Waals surface area contributed by atoms with Crippen LogP contribution in [0.15, 0.2) is 0 Å². The predicted octanol–water partition coefficient (Wildman–Crippen LogP) is 2.57. The van der Waals surface area contributed by atoms with Crippen LogP contribution in [0.3, 0.4) is 0 Å². The highest BCUT2D eigenvalue weighted by molar-refractivity contribution is 7.52. The molecule has 0 heterocycles. The molecular formula is C18H35F2O7P. The minimum atomic E-state index is -4.47. The van der Waals surface area contributed by atoms with Crippen LogP contribution >= 0.6 is 7.60 Å². The third kappa shape index (κ3) is 7.59. The van der Waals surface area contributed by atoms with Crippen LogP contribution < -0.4 is 0 Å². The van der Waals surface area contributed by atoms with Gasteiger partial charge in [0, 0.05) is 0 Å². The Hall–Kier alpha value is -0.150. The molecule has 0 amide bonds. The Morgan fingerprint density at radius 3 is 1.79 bits per heavy atom. The zero-order chi connectivity index (χ0) is 21.4. The van der Waals surface area contributed by atoms with Crippen LogP contribution in [-0.4, -0.2) is 67.9 Å². The topological polar surface area (TPSA) is 127 Å². The Balaban J connectivity index is 2.36. The Morgan fingerprint density at radius 2 is 1.29 bits per heavy atom. The number of halogens is 2. The van der Waals surface area contributed by atoms with Gasteiger partial charge in [-0.15, -0.1) is 0 Å². The molecule has 0 aliphatic heterocycles. The van der Waals surface area contributed by atoms with Gasteiger partial charge in [-0.1, -0.05) is 64.7 Å². The first-order valence-electron chi connectivity index (χ1n) is 10.1. The SMILES string of the molecule is CCCCCCCCCCCCP(=O)(O)O[C@@H]1[C@@H](O)[C@H](O)[C@@H](O)[C@H](O)C1(F)F. The van der Waals surface area contributed by atoms with Gasteiger partial charge < -0.3 is 25.3 Å². The molecule has 7 nitrogen and oxygen atoms in total. The molecule has 1 aliphatic rings. The summed E-state index contributed by atoms with van der Waals surface area (Å²) in [5.41, 5.74) is 0. The molecule has 0 aromatic carbocycles. The van der Waals surface area contributed by atoms with E-state index in [9.17, 15) is 38.7 Å². The number of hydrogen-bond donors (Lipinski definition) is 5. The minimum absolute atomic E-state index is 0.297. The van der Waals surface area contributed by atoms with E-state index in [1.807, 2.05) is 0 Å². The van der Waals surface area contributed by atoms with E-state index >= 15 is 0 Å². The van der Waals surface area contributed by atoms with E-state index in [2.05, 4.69) is 11.4 Å². The molecule has 168 valence electrons. The molecule has 5 N–H and O–H groups in total. The van der Waals surface area contributed by atoms with Gasteiger partial charge in [0.2, 0.25) is 0 Å². The van der Waals surface area contributed by atoms with E-state index in [4.69, 9.17) is 0 Å². The van der Waals surface area contributed by atoms with Crippen LogP contribution in [0.25, 0.3) is 0 Å². The number of aliphatic hydroxyl groups is 4. The van der Waals surface area contributed by atoms with Crippen molar-refractivity contribution >= 4 is 7.60 Å². The molecular weight excluding hydrogens is 397 g/mol. The van der Waals surface area contributed by atoms with Crippen molar-refractivity contribution in [3.05, 3.63) is 0 Å². The summed E-state index contributed by atoms with van der Waals surface area (Å²) in [7, 11) is -4.47. The lowest BCUT2D eigenvalue weighted by Crippen LogP contribution is -2.67. The first-order valence-corrected chi connectivity index (χ1v) is 11.9. The van der Waals surface area contributed by atoms with Gasteiger partial charge in [-0.05, 0) is 6.42 Å². The molecule has 1 saturated carbocycles. The van der Waals surface area contributed by atoms with Crippen molar-refractivity contribution in [3.63, 3.8) is 0 Å². The smallest absolute Gasteiger partial charge is 0.328 e. The molecule has 0 aromatic rings. The second kappa shape index (κ2) is 11.9. The Bertz CT molecular complexity index is 495. The third-order valence-corrected chi connectivity index (χ3v) is 6.62. The highest BCUT2D eigenvalue weighted by Crippen LogP contribution is 2.49. The minimum Gasteiger partial charge on any atom is -0.387 e. The molecule has 0 bridgehead atoms. The fourth-order valence-electron chi connectivity index (χ4n) is 3.35. The van der Waals surface area contributed by atoms with Gasteiger partial charge in [-0.3, -0.25) is 9.09 Å². The largest absolute Gasteiger partial charge is 0.387 e. The van der Waals surface area contributed by atoms with E-state index in [-0.39, 0.29) is 6.16 Å². The Morgan fingerprint density at radius 1 is 0.821 bits per heavy atom. The van der Waals surface area contributed by atoms with E-state index in [0.29, 0.717) is 12.8 Å². The average molecular weight is 432 g/mol. The van der Waals surface area contributed by atoms with Crippen molar-refractivity contribution in [2.24, 2.45) is 0 Å². The second-order valence-electron chi connectivity index (χ2n) is 7.66. The fraction of sp³-hybridized carbons (Fsp3) is 1.00. The van der Waals surface area contributed by atoms with Crippen LogP contribution in [0.1, 0.15) is 71.1 Å². The van der Waals surface area contributed by atoms with Crippen LogP contribution in [-0.2, 0) is 9.09 Å². The Labute approximate surface area is 165 Å². The van der Waals surface area contributed by atoms with Crippen LogP contribution in [0.2, 0.25) is 0 Å². The molecule has 0 saturated heterocycles. The molecule has 6 atom stereocenters. The van der Waals surface area contributed by atoms with E-state index in [1.165, 1.54) is 25.7 Å². The van der Waals surface area contributed by atoms with Crippen molar-refractivity contribution in [1.29, 1.82) is 0 Å². The summed E-state index contributed by atoms with van der Waals surface area (Å²) >= 11 is 0. The molecule has 10 heteroatoms. The summed E-state index contributed by atoms with van der Waals surface area (Å²) in [6, 6.07) is 0. The van der Waals surface area contributed by atoms with Crippen LogP contribution in [0, 0.1) is 0 Å². The normalized spacial score (nSPS) is 32.2. The molecule has 0 radical (unpaired) electrons. The Kier molecular flexibility index (Phi) is 11.0. The molecule has 1 fully saturated rings. The summed E-state index contributed by atoms with van der Waals surface area (Å²) in [4.78, 5) is 9.84. The highest BCUT2D eigenvalue weighted by atomic mass is 31.2. The van der Waals surface area contributed by atoms with Crippen LogP contribution in [0.4, 0.5) is 8.78 Å². The standard InChI is InChI=1S/C18H35F2O7P/c1-2-3-4-5-6-7-8-9-10-11-12-28(25,26)27-17-15(23)13(21)14(22)16(24)18(17,19)20/h13-17,21-24H,2-12H2,1H3,(H,25,26)/t13-,14-,15+,16+,17-/m1/s1. The van der Waals surface area contributed by atoms with Gasteiger partial charge >= 0.3 is 13.5 Å². The highest BCUT2D eigenvalue weighted by Gasteiger charge is 2.62. The molecule has 28 heavy (non-hydrogen) atoms. The van der Waals surface area contributed by atoms with E-state index in [0.717, 1.165) is 25.7 Å². The monoisotopic (exact) mass is 432 g/mol. The van der Waals surface area contributed by atoms with Crippen molar-refractivity contribution in [2.75, 3.05) is 6.16 Å². The number of alkyl halides is 2. The summed E-state index contributed by atoms with van der Waals surface area (Å²) in [5, 5.41) is 38.0. The molecule has 1 rings (SSSR count). The van der Waals surface area contributed by atoms with E-state index in [1.54, 1.807) is 0 Å². The van der Waals surface area contributed by atoms with Crippen molar-refractivity contribution in [3.8, 4) is 0 Å². The number of rotatable bonds is 13. The van der Waals surface area contributed by atoms with Gasteiger partial charge in [-0.25, -0.2) is 8.78 Å². The average Bonchev–Trinajstić information content (AvgIpc) is 2.64. The maximum absolute atomic E-state index is 14.1. The van der Waals surface area contributed by atoms with Gasteiger partial charge in [0.1, 0.15) is 24.4 Å². The maximum atomic E-state index is 14.1. The summed E-state index contributed by atoms with van der Waals surface area (Å²) in [6.07, 6.45) is -2.42. The predicted molar refractivity (Wildman–Crippen MR) is 100 cm³/mol.